The van der Waals surface area contributed by atoms with Gasteiger partial charge in [-0.15, -0.1) is 43.1 Å². The minimum atomic E-state index is -0.419. The van der Waals surface area contributed by atoms with E-state index in [0.29, 0.717) is 37.7 Å². The molecular weight excluding hydrogens is 1060 g/mol. The highest BCUT2D eigenvalue weighted by molar-refractivity contribution is 7.19. The number of ether oxygens (including phenoxy) is 4. The van der Waals surface area contributed by atoms with E-state index in [0.717, 1.165) is 154 Å². The maximum absolute atomic E-state index is 11.9. The summed E-state index contributed by atoms with van der Waals surface area (Å²) in [4.78, 5) is 28.0. The van der Waals surface area contributed by atoms with E-state index in [1.165, 1.54) is 46.2 Å². The van der Waals surface area contributed by atoms with Crippen molar-refractivity contribution in [2.45, 2.75) is 192 Å². The second kappa shape index (κ2) is 34.0. The lowest BCUT2D eigenvalue weighted by Gasteiger charge is -2.33. The van der Waals surface area contributed by atoms with Crippen molar-refractivity contribution in [2.75, 3.05) is 13.2 Å². The van der Waals surface area contributed by atoms with Crippen LogP contribution in [-0.4, -0.2) is 78.1 Å². The highest BCUT2D eigenvalue weighted by Gasteiger charge is 2.43. The summed E-state index contributed by atoms with van der Waals surface area (Å²) >= 11 is 3.31. The normalized spacial score (nSPS) is 12.2. The van der Waals surface area contributed by atoms with Crippen LogP contribution in [0.2, 0.25) is 0 Å². The van der Waals surface area contributed by atoms with Gasteiger partial charge in [0.2, 0.25) is 11.6 Å². The molecule has 0 bridgehead atoms. The molecular formula is C66H84N8O6S2. The van der Waals surface area contributed by atoms with Crippen molar-refractivity contribution in [1.29, 1.82) is 0 Å². The molecule has 0 fully saturated rings. The second-order valence-corrected chi connectivity index (χ2v) is 23.4. The molecule has 0 saturated carbocycles. The van der Waals surface area contributed by atoms with Gasteiger partial charge in [0.1, 0.15) is 12.2 Å². The molecule has 2 aromatic carbocycles. The van der Waals surface area contributed by atoms with Crippen LogP contribution in [0.15, 0.2) is 111 Å². The lowest BCUT2D eigenvalue weighted by Crippen LogP contribution is -2.25. The Hall–Kier alpha value is -6.78. The number of carbonyl (C=O) groups is 2. The highest BCUT2D eigenvalue weighted by atomic mass is 32.1. The van der Waals surface area contributed by atoms with Crippen molar-refractivity contribution in [1.82, 2.24) is 40.8 Å². The van der Waals surface area contributed by atoms with Crippen LogP contribution in [0, 0.1) is 0 Å². The zero-order valence-electron chi connectivity index (χ0n) is 48.5. The Balaban J connectivity index is 0.914. The Morgan fingerprint density at radius 3 is 1.17 bits per heavy atom. The third kappa shape index (κ3) is 18.4. The Morgan fingerprint density at radius 2 is 0.805 bits per heavy atom. The molecule has 4 aromatic heterocycles. The number of nitrogens with zero attached hydrogens (tertiary/aromatic N) is 8. The van der Waals surface area contributed by atoms with Crippen LogP contribution in [0.3, 0.4) is 0 Å². The molecule has 0 spiro atoms. The maximum atomic E-state index is 11.9. The monoisotopic (exact) mass is 1150 g/mol. The number of thiophene rings is 2. The van der Waals surface area contributed by atoms with Crippen molar-refractivity contribution < 1.29 is 28.5 Å². The molecule has 6 aromatic rings. The van der Waals surface area contributed by atoms with Crippen molar-refractivity contribution in [2.24, 2.45) is 0 Å². The summed E-state index contributed by atoms with van der Waals surface area (Å²) in [5, 5.41) is 34.8. The molecule has 0 amide bonds. The molecule has 0 saturated heterocycles. The number of unbranched alkanes of at least 4 members (excludes halogenated alkanes) is 17. The first-order valence-corrected chi connectivity index (χ1v) is 31.7. The molecule has 0 atom stereocenters. The fourth-order valence-corrected chi connectivity index (χ4v) is 12.5. The number of rotatable bonds is 41. The number of carbonyl (C=O) groups excluding carboxylic acids is 2. The van der Waals surface area contributed by atoms with Gasteiger partial charge in [0.25, 0.3) is 0 Å². The standard InChI is InChI=1S/C66H84N8O6S2/c1-7-13-28-42-66(43-29-14-8-2)54-46-48(56-38-40-58(81-56)62-67-71-64(72-68-62)77-44-30-24-20-16-15-18-22-26-32-60(75)79-50(9-3)10-4)34-36-52(54)53-37-35-49(47-55(53)66)57-39-41-59(82-57)63-69-73-65(74-70-63)78-45-31-25-21-17-19-23-27-33-61(76)80-51(11-5)12-6/h9-12,34-41,46-47,50-51H,3-8,13-33,42-45H2,1-2H3. The third-order valence-electron chi connectivity index (χ3n) is 15.1. The molecule has 14 nitrogen and oxygen atoms in total. The number of fused-ring (bicyclic) bond motifs is 3. The number of benzene rings is 2. The Morgan fingerprint density at radius 1 is 0.451 bits per heavy atom. The first-order chi connectivity index (χ1) is 40.2. The van der Waals surface area contributed by atoms with E-state index in [9.17, 15) is 9.59 Å². The molecule has 16 heteroatoms. The van der Waals surface area contributed by atoms with Crippen molar-refractivity contribution >= 4 is 34.6 Å². The number of hydrogen-bond acceptors (Lipinski definition) is 16. The highest BCUT2D eigenvalue weighted by Crippen LogP contribution is 2.56. The Labute approximate surface area is 494 Å². The molecule has 0 unspecified atom stereocenters. The van der Waals surface area contributed by atoms with Gasteiger partial charge in [0, 0.05) is 28.0 Å². The zero-order valence-corrected chi connectivity index (χ0v) is 50.1. The fraction of sp³-hybridized carbons (Fsp3) is 0.485. The van der Waals surface area contributed by atoms with Gasteiger partial charge in [-0.25, -0.2) is 0 Å². The van der Waals surface area contributed by atoms with Gasteiger partial charge < -0.3 is 18.9 Å². The van der Waals surface area contributed by atoms with Crippen LogP contribution in [0.5, 0.6) is 12.0 Å². The summed E-state index contributed by atoms with van der Waals surface area (Å²) in [7, 11) is 0. The van der Waals surface area contributed by atoms with E-state index in [-0.39, 0.29) is 29.4 Å². The van der Waals surface area contributed by atoms with Gasteiger partial charge >= 0.3 is 24.0 Å². The van der Waals surface area contributed by atoms with E-state index in [4.69, 9.17) is 18.9 Å². The predicted molar refractivity (Wildman–Crippen MR) is 331 cm³/mol. The predicted octanol–water partition coefficient (Wildman–Crippen LogP) is 17.0. The van der Waals surface area contributed by atoms with E-state index in [1.54, 1.807) is 47.0 Å². The lowest BCUT2D eigenvalue weighted by atomic mass is 9.70. The molecule has 0 N–H and O–H groups in total. The van der Waals surface area contributed by atoms with Crippen LogP contribution < -0.4 is 9.47 Å². The smallest absolute Gasteiger partial charge is 0.354 e. The van der Waals surface area contributed by atoms with Crippen molar-refractivity contribution in [3.05, 3.63) is 122 Å². The van der Waals surface area contributed by atoms with Gasteiger partial charge in [0.15, 0.2) is 0 Å². The summed E-state index contributed by atoms with van der Waals surface area (Å²) in [6.07, 6.45) is 30.9. The Bertz CT molecular complexity index is 2930. The molecule has 4 heterocycles. The van der Waals surface area contributed by atoms with Gasteiger partial charge in [-0.1, -0.05) is 194 Å². The summed E-state index contributed by atoms with van der Waals surface area (Å²) in [6, 6.07) is 23.0. The summed E-state index contributed by atoms with van der Waals surface area (Å²) in [5.41, 5.74) is 7.75. The van der Waals surface area contributed by atoms with Gasteiger partial charge in [-0.2, -0.15) is 0 Å². The lowest BCUT2D eigenvalue weighted by molar-refractivity contribution is -0.146. The van der Waals surface area contributed by atoms with E-state index in [2.05, 4.69) is 142 Å². The zero-order chi connectivity index (χ0) is 57.8. The Kier molecular flexibility index (Phi) is 26.0. The van der Waals surface area contributed by atoms with Crippen molar-refractivity contribution in [3.8, 4) is 65.4 Å². The van der Waals surface area contributed by atoms with Gasteiger partial charge in [-0.05, 0) is 133 Å². The summed E-state index contributed by atoms with van der Waals surface area (Å²) in [6.45, 7) is 20.2. The number of aromatic nitrogens is 8. The summed E-state index contributed by atoms with van der Waals surface area (Å²) in [5.74, 6) is 0.561. The quantitative estimate of drug-likeness (QED) is 0.0201. The average Bonchev–Trinajstić information content (AvgIpc) is 4.44. The minimum Gasteiger partial charge on any atom is -0.461 e. The number of esters is 2. The minimum absolute atomic E-state index is 0.122. The van der Waals surface area contributed by atoms with Crippen molar-refractivity contribution in [3.63, 3.8) is 0 Å². The molecule has 1 aliphatic carbocycles. The van der Waals surface area contributed by atoms with E-state index < -0.39 is 12.2 Å². The molecule has 0 radical (unpaired) electrons. The largest absolute Gasteiger partial charge is 0.461 e. The molecule has 7 rings (SSSR count). The van der Waals surface area contributed by atoms with Crippen LogP contribution in [0.25, 0.3) is 53.4 Å². The fourth-order valence-electron chi connectivity index (χ4n) is 10.6. The topological polar surface area (TPSA) is 174 Å². The van der Waals surface area contributed by atoms with Crippen LogP contribution in [-0.2, 0) is 24.5 Å². The molecule has 1 aliphatic rings. The second-order valence-electron chi connectivity index (χ2n) is 21.2. The van der Waals surface area contributed by atoms with Gasteiger partial charge in [-0.3, -0.25) is 9.59 Å². The SMILES string of the molecule is C=CC(C=C)OC(=O)CCCCCCCCCCOc1nnc(-c2ccc(-c3ccc4c(c3)C(CCCCC)(CCCCC)c3cc(-c5ccc(-c6nnc(OCCCCCCCCCC(=O)OC(C=C)C=C)nn6)s5)ccc3-4)s2)nn1. The number of hydrogen-bond donors (Lipinski definition) is 0. The van der Waals surface area contributed by atoms with Crippen LogP contribution >= 0.6 is 22.7 Å². The first kappa shape index (κ1) is 62.8. The molecule has 436 valence electrons. The average molecular weight is 1150 g/mol. The van der Waals surface area contributed by atoms with Crippen LogP contribution in [0.4, 0.5) is 0 Å². The molecule has 82 heavy (non-hydrogen) atoms. The third-order valence-corrected chi connectivity index (χ3v) is 17.4. The van der Waals surface area contributed by atoms with Gasteiger partial charge in [0.05, 0.1) is 23.0 Å². The van der Waals surface area contributed by atoms with E-state index >= 15 is 0 Å². The maximum Gasteiger partial charge on any atom is 0.354 e. The van der Waals surface area contributed by atoms with E-state index in [1.807, 2.05) is 0 Å². The van der Waals surface area contributed by atoms with Crippen LogP contribution in [0.1, 0.15) is 185 Å². The first-order valence-electron chi connectivity index (χ1n) is 30.0. The molecule has 0 aliphatic heterocycles. The summed E-state index contributed by atoms with van der Waals surface area (Å²) < 4.78 is 22.2.